The molecule has 3 aromatic rings. The number of nitrogens with zero attached hydrogens (tertiary/aromatic N) is 2. The Morgan fingerprint density at radius 3 is 2.65 bits per heavy atom. The highest BCUT2D eigenvalue weighted by Crippen LogP contribution is 2.42. The Morgan fingerprint density at radius 1 is 1.18 bits per heavy atom. The van der Waals surface area contributed by atoms with Gasteiger partial charge < -0.3 is 20.2 Å². The molecular weight excluding hydrogens is 451 g/mol. The fourth-order valence-electron chi connectivity index (χ4n) is 4.46. The summed E-state index contributed by atoms with van der Waals surface area (Å²) in [4.78, 5) is 17.9. The lowest BCUT2D eigenvalue weighted by atomic mass is 9.89. The van der Waals surface area contributed by atoms with Crippen LogP contribution in [0.2, 0.25) is 0 Å². The average molecular weight is 473 g/mol. The smallest absolute Gasteiger partial charge is 0.406 e. The number of halogens is 3. The lowest BCUT2D eigenvalue weighted by Gasteiger charge is -2.34. The fourth-order valence-corrected chi connectivity index (χ4v) is 4.46. The summed E-state index contributed by atoms with van der Waals surface area (Å²) in [7, 11) is 0. The second kappa shape index (κ2) is 8.33. The van der Waals surface area contributed by atoms with Crippen molar-refractivity contribution in [3.8, 4) is 5.75 Å². The van der Waals surface area contributed by atoms with Gasteiger partial charge in [0.1, 0.15) is 30.1 Å². The molecule has 0 radical (unpaired) electrons. The second-order valence-electron chi connectivity index (χ2n) is 8.11. The molecule has 178 valence electrons. The molecule has 1 fully saturated rings. The number of rotatable bonds is 5. The summed E-state index contributed by atoms with van der Waals surface area (Å²) >= 11 is 0. The molecule has 2 aliphatic heterocycles. The third kappa shape index (κ3) is 3.66. The zero-order valence-corrected chi connectivity index (χ0v) is 18.1. The number of nitrogens with two attached hydrogens (primary N) is 1. The Hall–Kier alpha value is -3.57. The van der Waals surface area contributed by atoms with Crippen molar-refractivity contribution in [1.29, 1.82) is 0 Å². The van der Waals surface area contributed by atoms with E-state index in [0.29, 0.717) is 34.7 Å². The fraction of sp³-hybridized carbons (Fsp3) is 0.304. The maximum atomic E-state index is 14.0. The number of carbonyl (C=O) groups excluding carboxylic acids is 1. The number of hydrogen-bond donors (Lipinski definition) is 3. The van der Waals surface area contributed by atoms with E-state index < -0.39 is 30.2 Å². The van der Waals surface area contributed by atoms with Crippen LogP contribution in [-0.2, 0) is 4.79 Å². The number of allylic oxidation sites excluding steroid dienone is 1. The molecule has 0 saturated carbocycles. The van der Waals surface area contributed by atoms with Crippen molar-refractivity contribution >= 4 is 22.6 Å². The highest BCUT2D eigenvalue weighted by Gasteiger charge is 2.58. The van der Waals surface area contributed by atoms with Crippen molar-refractivity contribution in [1.82, 2.24) is 20.7 Å². The van der Waals surface area contributed by atoms with E-state index in [1.165, 1.54) is 0 Å². The van der Waals surface area contributed by atoms with Crippen LogP contribution in [-0.4, -0.2) is 47.4 Å². The molecule has 2 aliphatic rings. The maximum Gasteiger partial charge on any atom is 0.406 e. The predicted molar refractivity (Wildman–Crippen MR) is 117 cm³/mol. The minimum Gasteiger partial charge on any atom is -0.490 e. The zero-order valence-electron chi connectivity index (χ0n) is 18.1. The Balaban J connectivity index is 1.54. The van der Waals surface area contributed by atoms with Crippen LogP contribution >= 0.6 is 0 Å². The minimum atomic E-state index is -4.58. The van der Waals surface area contributed by atoms with Crippen molar-refractivity contribution < 1.29 is 27.1 Å². The number of nitrogens with one attached hydrogen (secondary N) is 2. The number of hydrazine groups is 1. The van der Waals surface area contributed by atoms with Gasteiger partial charge in [0.15, 0.2) is 11.1 Å². The van der Waals surface area contributed by atoms with Gasteiger partial charge in [-0.3, -0.25) is 4.79 Å². The number of aromatic nitrogens is 1. The van der Waals surface area contributed by atoms with Crippen molar-refractivity contribution in [2.24, 2.45) is 5.73 Å². The van der Waals surface area contributed by atoms with Gasteiger partial charge in [-0.2, -0.15) is 13.2 Å². The lowest BCUT2D eigenvalue weighted by molar-refractivity contribution is -0.161. The molecule has 5 rings (SSSR count). The first kappa shape index (κ1) is 22.2. The van der Waals surface area contributed by atoms with E-state index in [2.05, 4.69) is 15.7 Å². The molecule has 0 bridgehead atoms. The molecule has 0 spiro atoms. The van der Waals surface area contributed by atoms with Gasteiger partial charge in [0.2, 0.25) is 5.89 Å². The standard InChI is InChI=1S/C23H22F3N5O3/c1-12-16(21-29-18-14(33-11-10-27)8-5-9-15(18)34-21)22(32)31-20(28-12)17(13-6-3-2-4-7-13)19(30-31)23(24,25)26/h2-9,17,19-20,28,30H,10-11,27H2,1H3. The molecule has 1 saturated heterocycles. The van der Waals surface area contributed by atoms with E-state index in [0.717, 1.165) is 5.01 Å². The topological polar surface area (TPSA) is 106 Å². The third-order valence-corrected chi connectivity index (χ3v) is 5.94. The van der Waals surface area contributed by atoms with E-state index in [9.17, 15) is 18.0 Å². The van der Waals surface area contributed by atoms with Gasteiger partial charge in [-0.25, -0.2) is 15.4 Å². The first-order valence-electron chi connectivity index (χ1n) is 10.7. The quantitative estimate of drug-likeness (QED) is 0.523. The summed E-state index contributed by atoms with van der Waals surface area (Å²) in [5.74, 6) is -1.29. The van der Waals surface area contributed by atoms with Gasteiger partial charge >= 0.3 is 6.18 Å². The molecule has 2 aromatic carbocycles. The summed E-state index contributed by atoms with van der Waals surface area (Å²) in [5, 5.41) is 4.06. The molecule has 0 aliphatic carbocycles. The monoisotopic (exact) mass is 473 g/mol. The molecule has 1 aromatic heterocycles. The van der Waals surface area contributed by atoms with E-state index in [-0.39, 0.29) is 18.1 Å². The molecule has 8 nitrogen and oxygen atoms in total. The summed E-state index contributed by atoms with van der Waals surface area (Å²) in [6, 6.07) is 11.4. The van der Waals surface area contributed by atoms with Gasteiger partial charge in [0, 0.05) is 12.2 Å². The summed E-state index contributed by atoms with van der Waals surface area (Å²) in [5.41, 5.74) is 9.53. The molecule has 3 unspecified atom stereocenters. The minimum absolute atomic E-state index is 0.0132. The molecule has 34 heavy (non-hydrogen) atoms. The van der Waals surface area contributed by atoms with E-state index in [4.69, 9.17) is 14.9 Å². The first-order valence-corrected chi connectivity index (χ1v) is 10.7. The summed E-state index contributed by atoms with van der Waals surface area (Å²) < 4.78 is 53.3. The van der Waals surface area contributed by atoms with Crippen LogP contribution in [0, 0.1) is 0 Å². The molecule has 1 amide bonds. The number of amides is 1. The van der Waals surface area contributed by atoms with Crippen molar-refractivity contribution in [2.45, 2.75) is 31.2 Å². The highest BCUT2D eigenvalue weighted by molar-refractivity contribution is 6.20. The molecule has 3 heterocycles. The number of oxazole rings is 1. The SMILES string of the molecule is CC1=C(c2nc3c(OCCN)cccc3o2)C(=O)N2NC(C(F)(F)F)C(c3ccccc3)C2N1. The molecule has 4 N–H and O–H groups in total. The lowest BCUT2D eigenvalue weighted by Crippen LogP contribution is -2.54. The van der Waals surface area contributed by atoms with Gasteiger partial charge in [-0.1, -0.05) is 36.4 Å². The number of fused-ring (bicyclic) bond motifs is 2. The van der Waals surface area contributed by atoms with E-state index in [1.54, 1.807) is 55.5 Å². The number of benzene rings is 2. The number of para-hydroxylation sites is 1. The Morgan fingerprint density at radius 2 is 1.94 bits per heavy atom. The first-order chi connectivity index (χ1) is 16.3. The van der Waals surface area contributed by atoms with E-state index >= 15 is 0 Å². The molecular formula is C23H22F3N5O3. The van der Waals surface area contributed by atoms with Gasteiger partial charge in [0.25, 0.3) is 5.91 Å². The molecule has 11 heteroatoms. The van der Waals surface area contributed by atoms with Crippen LogP contribution in [0.3, 0.4) is 0 Å². The van der Waals surface area contributed by atoms with Crippen LogP contribution in [0.4, 0.5) is 13.2 Å². The van der Waals surface area contributed by atoms with Crippen LogP contribution in [0.1, 0.15) is 24.3 Å². The number of ether oxygens (including phenoxy) is 1. The van der Waals surface area contributed by atoms with Crippen molar-refractivity contribution in [3.63, 3.8) is 0 Å². The summed E-state index contributed by atoms with van der Waals surface area (Å²) in [6.07, 6.45) is -5.53. The average Bonchev–Trinajstić information content (AvgIpc) is 3.40. The molecule has 3 atom stereocenters. The highest BCUT2D eigenvalue weighted by atomic mass is 19.4. The Kier molecular flexibility index (Phi) is 5.45. The van der Waals surface area contributed by atoms with Crippen LogP contribution in [0.5, 0.6) is 5.75 Å². The van der Waals surface area contributed by atoms with Crippen molar-refractivity contribution in [3.05, 3.63) is 65.7 Å². The van der Waals surface area contributed by atoms with Crippen molar-refractivity contribution in [2.75, 3.05) is 13.2 Å². The van der Waals surface area contributed by atoms with Crippen LogP contribution < -0.4 is 21.2 Å². The van der Waals surface area contributed by atoms with Gasteiger partial charge in [-0.05, 0) is 24.6 Å². The normalized spacial score (nSPS) is 22.8. The second-order valence-corrected chi connectivity index (χ2v) is 8.11. The number of hydrogen-bond acceptors (Lipinski definition) is 7. The Labute approximate surface area is 192 Å². The zero-order chi connectivity index (χ0) is 24.0. The van der Waals surface area contributed by atoms with E-state index in [1.807, 2.05) is 0 Å². The largest absolute Gasteiger partial charge is 0.490 e. The maximum absolute atomic E-state index is 14.0. The predicted octanol–water partition coefficient (Wildman–Crippen LogP) is 2.89. The summed E-state index contributed by atoms with van der Waals surface area (Å²) in [6.45, 7) is 2.19. The van der Waals surface area contributed by atoms with Gasteiger partial charge in [-0.15, -0.1) is 0 Å². The Bertz CT molecular complexity index is 1260. The number of carbonyl (C=O) groups is 1. The van der Waals surface area contributed by atoms with Gasteiger partial charge in [0.05, 0.1) is 5.92 Å². The van der Waals surface area contributed by atoms with Crippen LogP contribution in [0.25, 0.3) is 16.7 Å². The number of alkyl halides is 3. The van der Waals surface area contributed by atoms with Crippen LogP contribution in [0.15, 0.2) is 58.6 Å². The third-order valence-electron chi connectivity index (χ3n) is 5.94.